The number of aliphatic hydroxyl groups excluding tert-OH is 1. The Balaban J connectivity index is 1.91. The molecule has 4 heteroatoms. The molecule has 2 aromatic rings. The summed E-state index contributed by atoms with van der Waals surface area (Å²) in [5.41, 5.74) is 5.63. The standard InChI is InChI=1S/C25H31FO3/c1-4-21-16-20(13-14-27)7-9-22(21)11-12-23-10-8-19(17-24(23)26)6-5-15-29-25(28)18(2)3/h7-10,16-17,27H,2,4-6,11-15H2,1,3H3. The number of halogens is 1. The van der Waals surface area contributed by atoms with Gasteiger partial charge in [-0.3, -0.25) is 0 Å². The Morgan fingerprint density at radius 1 is 1.00 bits per heavy atom. The van der Waals surface area contributed by atoms with E-state index in [9.17, 15) is 9.18 Å². The molecule has 0 amide bonds. The van der Waals surface area contributed by atoms with Crippen molar-refractivity contribution in [3.63, 3.8) is 0 Å². The van der Waals surface area contributed by atoms with Crippen molar-refractivity contribution in [2.75, 3.05) is 13.2 Å². The van der Waals surface area contributed by atoms with Crippen molar-refractivity contribution < 1.29 is 19.0 Å². The zero-order valence-corrected chi connectivity index (χ0v) is 17.5. The van der Waals surface area contributed by atoms with Gasteiger partial charge in [0.15, 0.2) is 0 Å². The molecule has 3 nitrogen and oxygen atoms in total. The Hall–Kier alpha value is -2.46. The Morgan fingerprint density at radius 3 is 2.28 bits per heavy atom. The van der Waals surface area contributed by atoms with E-state index in [-0.39, 0.29) is 18.4 Å². The molecule has 0 spiro atoms. The number of aliphatic hydroxyl groups is 1. The average Bonchev–Trinajstić information content (AvgIpc) is 2.71. The molecule has 0 aliphatic carbocycles. The first kappa shape index (κ1) is 22.8. The number of benzene rings is 2. The lowest BCUT2D eigenvalue weighted by molar-refractivity contribution is -0.139. The van der Waals surface area contributed by atoms with E-state index in [1.54, 1.807) is 13.0 Å². The molecule has 0 heterocycles. The van der Waals surface area contributed by atoms with E-state index in [4.69, 9.17) is 9.84 Å². The van der Waals surface area contributed by atoms with E-state index in [1.165, 1.54) is 11.1 Å². The highest BCUT2D eigenvalue weighted by Crippen LogP contribution is 2.19. The number of carbonyl (C=O) groups excluding carboxylic acids is 1. The Morgan fingerprint density at radius 2 is 1.66 bits per heavy atom. The summed E-state index contributed by atoms with van der Waals surface area (Å²) >= 11 is 0. The summed E-state index contributed by atoms with van der Waals surface area (Å²) in [6.45, 7) is 7.73. The van der Waals surface area contributed by atoms with Crippen LogP contribution in [0.2, 0.25) is 0 Å². The molecule has 29 heavy (non-hydrogen) atoms. The van der Waals surface area contributed by atoms with Crippen LogP contribution in [0.4, 0.5) is 4.39 Å². The van der Waals surface area contributed by atoms with Gasteiger partial charge in [0.05, 0.1) is 6.61 Å². The second kappa shape index (κ2) is 11.5. The number of aryl methyl sites for hydroxylation is 4. The van der Waals surface area contributed by atoms with Crippen LogP contribution >= 0.6 is 0 Å². The SMILES string of the molecule is C=C(C)C(=O)OCCCc1ccc(CCc2ccc(CCO)cc2CC)c(F)c1. The molecule has 0 aliphatic heterocycles. The molecule has 0 fully saturated rings. The van der Waals surface area contributed by atoms with Crippen molar-refractivity contribution in [1.82, 2.24) is 0 Å². The average molecular weight is 399 g/mol. The van der Waals surface area contributed by atoms with Gasteiger partial charge in [0, 0.05) is 12.2 Å². The molecule has 0 bridgehead atoms. The second-order valence-electron chi connectivity index (χ2n) is 7.38. The zero-order valence-electron chi connectivity index (χ0n) is 17.5. The van der Waals surface area contributed by atoms with Gasteiger partial charge in [-0.25, -0.2) is 9.18 Å². The monoisotopic (exact) mass is 398 g/mol. The van der Waals surface area contributed by atoms with Gasteiger partial charge in [0.2, 0.25) is 0 Å². The first-order chi connectivity index (χ1) is 13.9. The molecular formula is C25H31FO3. The van der Waals surface area contributed by atoms with Crippen molar-refractivity contribution in [3.8, 4) is 0 Å². The molecule has 1 N–H and O–H groups in total. The molecule has 0 saturated heterocycles. The first-order valence-electron chi connectivity index (χ1n) is 10.3. The van der Waals surface area contributed by atoms with Crippen LogP contribution in [0.15, 0.2) is 48.6 Å². The number of ether oxygens (including phenoxy) is 1. The molecule has 0 unspecified atom stereocenters. The van der Waals surface area contributed by atoms with Crippen LogP contribution in [0.25, 0.3) is 0 Å². The summed E-state index contributed by atoms with van der Waals surface area (Å²) in [7, 11) is 0. The minimum atomic E-state index is -0.387. The third-order valence-electron chi connectivity index (χ3n) is 5.02. The molecular weight excluding hydrogens is 367 g/mol. The number of rotatable bonds is 11. The van der Waals surface area contributed by atoms with Gasteiger partial charge in [0.25, 0.3) is 0 Å². The molecule has 0 saturated carbocycles. The van der Waals surface area contributed by atoms with E-state index in [1.807, 2.05) is 18.2 Å². The fraction of sp³-hybridized carbons (Fsp3) is 0.400. The summed E-state index contributed by atoms with van der Waals surface area (Å²) in [6.07, 6.45) is 4.33. The maximum absolute atomic E-state index is 14.5. The maximum atomic E-state index is 14.5. The minimum Gasteiger partial charge on any atom is -0.462 e. The third-order valence-corrected chi connectivity index (χ3v) is 5.02. The lowest BCUT2D eigenvalue weighted by atomic mass is 9.95. The molecule has 0 radical (unpaired) electrons. The van der Waals surface area contributed by atoms with Gasteiger partial charge in [-0.05, 0) is 79.3 Å². The summed E-state index contributed by atoms with van der Waals surface area (Å²) in [4.78, 5) is 11.3. The Kier molecular flexibility index (Phi) is 9.07. The Labute approximate surface area is 173 Å². The number of hydrogen-bond donors (Lipinski definition) is 1. The highest BCUT2D eigenvalue weighted by atomic mass is 19.1. The fourth-order valence-corrected chi connectivity index (χ4v) is 3.32. The Bertz CT molecular complexity index is 842. The van der Waals surface area contributed by atoms with E-state index in [2.05, 4.69) is 25.6 Å². The van der Waals surface area contributed by atoms with E-state index < -0.39 is 0 Å². The van der Waals surface area contributed by atoms with Crippen LogP contribution in [-0.4, -0.2) is 24.3 Å². The molecule has 156 valence electrons. The van der Waals surface area contributed by atoms with Crippen LogP contribution in [-0.2, 0) is 41.6 Å². The third kappa shape index (κ3) is 7.13. The largest absolute Gasteiger partial charge is 0.462 e. The summed E-state index contributed by atoms with van der Waals surface area (Å²) < 4.78 is 19.6. The van der Waals surface area contributed by atoms with Crippen LogP contribution in [0.3, 0.4) is 0 Å². The predicted molar refractivity (Wildman–Crippen MR) is 115 cm³/mol. The van der Waals surface area contributed by atoms with E-state index in [0.717, 1.165) is 24.0 Å². The maximum Gasteiger partial charge on any atom is 0.333 e. The van der Waals surface area contributed by atoms with Gasteiger partial charge in [-0.15, -0.1) is 0 Å². The highest BCUT2D eigenvalue weighted by Gasteiger charge is 2.08. The van der Waals surface area contributed by atoms with Crippen molar-refractivity contribution in [2.45, 2.75) is 52.4 Å². The number of esters is 1. The van der Waals surface area contributed by atoms with Crippen LogP contribution in [0, 0.1) is 5.82 Å². The van der Waals surface area contributed by atoms with Crippen LogP contribution < -0.4 is 0 Å². The van der Waals surface area contributed by atoms with E-state index >= 15 is 0 Å². The lowest BCUT2D eigenvalue weighted by Crippen LogP contribution is -2.07. The summed E-state index contributed by atoms with van der Waals surface area (Å²) in [5.74, 6) is -0.571. The zero-order chi connectivity index (χ0) is 21.2. The first-order valence-corrected chi connectivity index (χ1v) is 10.3. The number of hydrogen-bond acceptors (Lipinski definition) is 3. The van der Waals surface area contributed by atoms with Gasteiger partial charge in [-0.2, -0.15) is 0 Å². The van der Waals surface area contributed by atoms with Crippen LogP contribution in [0.1, 0.15) is 48.1 Å². The highest BCUT2D eigenvalue weighted by molar-refractivity contribution is 5.86. The smallest absolute Gasteiger partial charge is 0.333 e. The lowest BCUT2D eigenvalue weighted by Gasteiger charge is -2.11. The summed E-state index contributed by atoms with van der Waals surface area (Å²) in [5, 5.41) is 9.10. The van der Waals surface area contributed by atoms with Gasteiger partial charge >= 0.3 is 5.97 Å². The van der Waals surface area contributed by atoms with Gasteiger partial charge in [0.1, 0.15) is 5.82 Å². The van der Waals surface area contributed by atoms with Crippen molar-refractivity contribution >= 4 is 5.97 Å². The van der Waals surface area contributed by atoms with Crippen LogP contribution in [0.5, 0.6) is 0 Å². The molecule has 0 aromatic heterocycles. The quantitative estimate of drug-likeness (QED) is 0.337. The molecule has 0 aliphatic rings. The number of carbonyl (C=O) groups is 1. The summed E-state index contributed by atoms with van der Waals surface area (Å²) in [6, 6.07) is 11.7. The van der Waals surface area contributed by atoms with Crippen molar-refractivity contribution in [2.24, 2.45) is 0 Å². The topological polar surface area (TPSA) is 46.5 Å². The normalized spacial score (nSPS) is 10.8. The second-order valence-corrected chi connectivity index (χ2v) is 7.38. The predicted octanol–water partition coefficient (Wildman–Crippen LogP) is 4.76. The van der Waals surface area contributed by atoms with Crippen molar-refractivity contribution in [3.05, 3.63) is 82.2 Å². The molecule has 2 aromatic carbocycles. The van der Waals surface area contributed by atoms with E-state index in [0.29, 0.717) is 43.4 Å². The van der Waals surface area contributed by atoms with Gasteiger partial charge in [-0.1, -0.05) is 43.8 Å². The van der Waals surface area contributed by atoms with Gasteiger partial charge < -0.3 is 9.84 Å². The van der Waals surface area contributed by atoms with Crippen molar-refractivity contribution in [1.29, 1.82) is 0 Å². The molecule has 0 atom stereocenters. The molecule has 2 rings (SSSR count). The minimum absolute atomic E-state index is 0.149. The fourth-order valence-electron chi connectivity index (χ4n) is 3.32.